The molecule has 0 atom stereocenters. The van der Waals surface area contributed by atoms with Crippen molar-refractivity contribution in [2.45, 2.75) is 25.4 Å². The number of H-pyrrole nitrogens is 1. The Hall–Kier alpha value is -2.41. The van der Waals surface area contributed by atoms with Gasteiger partial charge in [0.25, 0.3) is 5.56 Å². The Balaban J connectivity index is 1.42. The molecule has 0 spiro atoms. The Labute approximate surface area is 139 Å². The van der Waals surface area contributed by atoms with Crippen LogP contribution in [0.2, 0.25) is 0 Å². The molecule has 1 aromatic carbocycles. The normalized spacial score (nSPS) is 19.8. The fraction of sp³-hybridized carbons (Fsp3) is 0.471. The van der Waals surface area contributed by atoms with Crippen LogP contribution in [0.5, 0.6) is 0 Å². The average molecular weight is 327 g/mol. The molecule has 7 nitrogen and oxygen atoms in total. The number of likely N-dealkylation sites (tertiary alicyclic amines) is 1. The molecule has 3 heterocycles. The lowest BCUT2D eigenvalue weighted by Crippen LogP contribution is -2.46. The Morgan fingerprint density at radius 2 is 1.92 bits per heavy atom. The maximum absolute atomic E-state index is 12.1. The van der Waals surface area contributed by atoms with Crippen LogP contribution in [0, 0.1) is 0 Å². The molecule has 2 aliphatic heterocycles. The van der Waals surface area contributed by atoms with Gasteiger partial charge in [0.15, 0.2) is 0 Å². The van der Waals surface area contributed by atoms with E-state index in [0.29, 0.717) is 23.8 Å². The first-order valence-corrected chi connectivity index (χ1v) is 8.45. The first-order valence-electron chi connectivity index (χ1n) is 8.45. The van der Waals surface area contributed by atoms with Crippen LogP contribution in [0.4, 0.5) is 4.79 Å². The van der Waals surface area contributed by atoms with Crippen LogP contribution in [0.1, 0.15) is 18.7 Å². The molecule has 0 saturated carbocycles. The van der Waals surface area contributed by atoms with Crippen molar-refractivity contribution < 1.29 is 4.79 Å². The number of aromatic amines is 1. The molecule has 24 heavy (non-hydrogen) atoms. The molecule has 0 unspecified atom stereocenters. The van der Waals surface area contributed by atoms with Gasteiger partial charge < -0.3 is 15.2 Å². The molecular formula is C17H21N5O2. The third kappa shape index (κ3) is 2.87. The summed E-state index contributed by atoms with van der Waals surface area (Å²) in [7, 11) is 0. The molecule has 0 radical (unpaired) electrons. The van der Waals surface area contributed by atoms with E-state index < -0.39 is 0 Å². The molecule has 2 N–H and O–H groups in total. The van der Waals surface area contributed by atoms with Crippen molar-refractivity contribution in [2.24, 2.45) is 0 Å². The summed E-state index contributed by atoms with van der Waals surface area (Å²) in [5, 5.41) is 3.49. The molecule has 2 aliphatic rings. The third-order valence-electron chi connectivity index (χ3n) is 4.92. The number of fused-ring (bicyclic) bond motifs is 1. The summed E-state index contributed by atoms with van der Waals surface area (Å²) in [6.07, 6.45) is 1.93. The van der Waals surface area contributed by atoms with E-state index in [9.17, 15) is 9.59 Å². The minimum Gasteiger partial charge on any atom is -0.336 e. The standard InChI is InChI=1S/C17H21N5O2/c23-16-13-3-1-2-4-14(13)19-15(20-16)11-21-8-5-12(6-9-21)22-10-7-18-17(22)24/h1-4,12H,5-11H2,(H,18,24)(H,19,20,23). The van der Waals surface area contributed by atoms with Gasteiger partial charge in [-0.25, -0.2) is 9.78 Å². The fourth-order valence-corrected chi connectivity index (χ4v) is 3.65. The maximum atomic E-state index is 12.1. The van der Waals surface area contributed by atoms with Crippen LogP contribution in [-0.2, 0) is 6.54 Å². The van der Waals surface area contributed by atoms with Gasteiger partial charge in [0, 0.05) is 32.2 Å². The molecule has 4 rings (SSSR count). The number of aromatic nitrogens is 2. The topological polar surface area (TPSA) is 81.3 Å². The predicted octanol–water partition coefficient (Wildman–Crippen LogP) is 0.913. The van der Waals surface area contributed by atoms with E-state index >= 15 is 0 Å². The summed E-state index contributed by atoms with van der Waals surface area (Å²) >= 11 is 0. The lowest BCUT2D eigenvalue weighted by Gasteiger charge is -2.35. The second-order valence-electron chi connectivity index (χ2n) is 6.46. The molecule has 0 bridgehead atoms. The second kappa shape index (κ2) is 6.24. The van der Waals surface area contributed by atoms with Crippen molar-refractivity contribution in [3.05, 3.63) is 40.4 Å². The Morgan fingerprint density at radius 1 is 1.12 bits per heavy atom. The van der Waals surface area contributed by atoms with Crippen LogP contribution >= 0.6 is 0 Å². The second-order valence-corrected chi connectivity index (χ2v) is 6.46. The predicted molar refractivity (Wildman–Crippen MR) is 90.8 cm³/mol. The number of benzene rings is 1. The summed E-state index contributed by atoms with van der Waals surface area (Å²) in [6.45, 7) is 4.01. The van der Waals surface area contributed by atoms with Crippen LogP contribution < -0.4 is 10.9 Å². The molecule has 7 heteroatoms. The van der Waals surface area contributed by atoms with E-state index in [-0.39, 0.29) is 11.6 Å². The van der Waals surface area contributed by atoms with Crippen molar-refractivity contribution >= 4 is 16.9 Å². The summed E-state index contributed by atoms with van der Waals surface area (Å²) in [4.78, 5) is 35.6. The Bertz CT molecular complexity index is 810. The zero-order chi connectivity index (χ0) is 16.5. The van der Waals surface area contributed by atoms with Crippen molar-refractivity contribution in [3.8, 4) is 0 Å². The first-order chi connectivity index (χ1) is 11.7. The molecule has 2 amide bonds. The van der Waals surface area contributed by atoms with Crippen molar-refractivity contribution in [1.29, 1.82) is 0 Å². The van der Waals surface area contributed by atoms with Gasteiger partial charge in [-0.05, 0) is 25.0 Å². The average Bonchev–Trinajstić information content (AvgIpc) is 3.02. The zero-order valence-electron chi connectivity index (χ0n) is 13.5. The highest BCUT2D eigenvalue weighted by molar-refractivity contribution is 5.77. The lowest BCUT2D eigenvalue weighted by molar-refractivity contribution is 0.130. The Kier molecular flexibility index (Phi) is 3.93. The highest BCUT2D eigenvalue weighted by atomic mass is 16.2. The SMILES string of the molecule is O=C1NCCN1C1CCN(Cc2nc3ccccc3c(=O)[nH]2)CC1. The largest absolute Gasteiger partial charge is 0.336 e. The third-order valence-corrected chi connectivity index (χ3v) is 4.92. The monoisotopic (exact) mass is 327 g/mol. The van der Waals surface area contributed by atoms with E-state index in [1.54, 1.807) is 6.07 Å². The van der Waals surface area contributed by atoms with Gasteiger partial charge in [0.1, 0.15) is 5.82 Å². The van der Waals surface area contributed by atoms with Crippen molar-refractivity contribution in [3.63, 3.8) is 0 Å². The van der Waals surface area contributed by atoms with Gasteiger partial charge in [-0.1, -0.05) is 12.1 Å². The van der Waals surface area contributed by atoms with Gasteiger partial charge in [-0.15, -0.1) is 0 Å². The minimum absolute atomic E-state index is 0.0639. The number of carbonyl (C=O) groups excluding carboxylic acids is 1. The number of para-hydroxylation sites is 1. The summed E-state index contributed by atoms with van der Waals surface area (Å²) < 4.78 is 0. The molecule has 2 saturated heterocycles. The number of nitrogens with zero attached hydrogens (tertiary/aromatic N) is 3. The highest BCUT2D eigenvalue weighted by Gasteiger charge is 2.30. The quantitative estimate of drug-likeness (QED) is 0.878. The number of amides is 2. The van der Waals surface area contributed by atoms with E-state index in [0.717, 1.165) is 44.5 Å². The number of rotatable bonds is 3. The highest BCUT2D eigenvalue weighted by Crippen LogP contribution is 2.19. The fourth-order valence-electron chi connectivity index (χ4n) is 3.65. The molecule has 2 aromatic rings. The van der Waals surface area contributed by atoms with Gasteiger partial charge in [-0.2, -0.15) is 0 Å². The smallest absolute Gasteiger partial charge is 0.317 e. The minimum atomic E-state index is -0.0841. The molecule has 126 valence electrons. The van der Waals surface area contributed by atoms with Gasteiger partial charge >= 0.3 is 6.03 Å². The van der Waals surface area contributed by atoms with Crippen LogP contribution in [-0.4, -0.2) is 58.0 Å². The molecule has 0 aliphatic carbocycles. The van der Waals surface area contributed by atoms with Gasteiger partial charge in [0.2, 0.25) is 0 Å². The van der Waals surface area contributed by atoms with E-state index in [1.807, 2.05) is 23.1 Å². The molecule has 2 fully saturated rings. The number of urea groups is 1. The van der Waals surface area contributed by atoms with Crippen molar-refractivity contribution in [2.75, 3.05) is 26.2 Å². The van der Waals surface area contributed by atoms with Crippen molar-refractivity contribution in [1.82, 2.24) is 25.1 Å². The maximum Gasteiger partial charge on any atom is 0.317 e. The Morgan fingerprint density at radius 3 is 2.67 bits per heavy atom. The van der Waals surface area contributed by atoms with E-state index in [1.165, 1.54) is 0 Å². The summed E-state index contributed by atoms with van der Waals surface area (Å²) in [6, 6.07) is 7.79. The van der Waals surface area contributed by atoms with Crippen LogP contribution in [0.25, 0.3) is 10.9 Å². The molecular weight excluding hydrogens is 306 g/mol. The summed E-state index contributed by atoms with van der Waals surface area (Å²) in [5.41, 5.74) is 0.652. The van der Waals surface area contributed by atoms with E-state index in [2.05, 4.69) is 20.2 Å². The first kappa shape index (κ1) is 15.1. The number of hydrogen-bond donors (Lipinski definition) is 2. The number of nitrogens with one attached hydrogen (secondary N) is 2. The zero-order valence-corrected chi connectivity index (χ0v) is 13.5. The van der Waals surface area contributed by atoms with Crippen LogP contribution in [0.3, 0.4) is 0 Å². The van der Waals surface area contributed by atoms with Crippen LogP contribution in [0.15, 0.2) is 29.1 Å². The number of piperidine rings is 1. The lowest BCUT2D eigenvalue weighted by atomic mass is 10.0. The summed E-state index contributed by atoms with van der Waals surface area (Å²) in [5.74, 6) is 0.705. The van der Waals surface area contributed by atoms with Gasteiger partial charge in [0.05, 0.1) is 17.4 Å². The number of hydrogen-bond acceptors (Lipinski definition) is 4. The number of carbonyl (C=O) groups is 1. The van der Waals surface area contributed by atoms with E-state index in [4.69, 9.17) is 0 Å². The van der Waals surface area contributed by atoms with Gasteiger partial charge in [-0.3, -0.25) is 9.69 Å². The molecule has 1 aromatic heterocycles.